The molecule has 0 radical (unpaired) electrons. The molecule has 9 heteroatoms. The molecule has 0 aromatic heterocycles. The highest BCUT2D eigenvalue weighted by Crippen LogP contribution is 2.36. The number of rotatable bonds is 6. The Kier molecular flexibility index (Phi) is 7.14. The minimum atomic E-state index is -0.628. The van der Waals surface area contributed by atoms with Crippen LogP contribution in [0.25, 0.3) is 0 Å². The summed E-state index contributed by atoms with van der Waals surface area (Å²) in [4.78, 5) is 43.3. The van der Waals surface area contributed by atoms with Crippen molar-refractivity contribution in [2.45, 2.75) is 25.8 Å². The Bertz CT molecular complexity index is 1190. The van der Waals surface area contributed by atoms with Crippen LogP contribution in [0.15, 0.2) is 53.2 Å². The van der Waals surface area contributed by atoms with Gasteiger partial charge in [0.2, 0.25) is 0 Å². The Hall–Kier alpha value is -3.36. The molecule has 2 aliphatic rings. The van der Waals surface area contributed by atoms with Crippen LogP contribution in [0, 0.1) is 6.92 Å². The number of piperidine rings is 1. The lowest BCUT2D eigenvalue weighted by Gasteiger charge is -2.33. The predicted octanol–water partition coefficient (Wildman–Crippen LogP) is 2.19. The lowest BCUT2D eigenvalue weighted by atomic mass is 10.0. The Morgan fingerprint density at radius 3 is 2.40 bits per heavy atom. The van der Waals surface area contributed by atoms with Gasteiger partial charge in [-0.2, -0.15) is 0 Å². The molecule has 2 aliphatic heterocycles. The second kappa shape index (κ2) is 10.1. The van der Waals surface area contributed by atoms with Gasteiger partial charge < -0.3 is 19.9 Å². The van der Waals surface area contributed by atoms with Crippen molar-refractivity contribution in [2.24, 2.45) is 0 Å². The van der Waals surface area contributed by atoms with Crippen molar-refractivity contribution in [2.75, 3.05) is 44.5 Å². The maximum absolute atomic E-state index is 13.2. The Morgan fingerprint density at radius 1 is 1.11 bits per heavy atom. The van der Waals surface area contributed by atoms with Crippen LogP contribution < -0.4 is 19.9 Å². The number of nitrogens with zero attached hydrogens (tertiary/aromatic N) is 2. The second-order valence-electron chi connectivity index (χ2n) is 9.12. The lowest BCUT2D eigenvalue weighted by molar-refractivity contribution is -0.885. The third-order valence-electron chi connectivity index (χ3n) is 6.68. The predicted molar refractivity (Wildman–Crippen MR) is 135 cm³/mol. The zero-order valence-corrected chi connectivity index (χ0v) is 21.1. The largest absolute Gasteiger partial charge is 0.495 e. The highest BCUT2D eigenvalue weighted by Gasteiger charge is 2.40. The number of likely N-dealkylation sites (tertiary alicyclic amines) is 1. The molecule has 0 aliphatic carbocycles. The molecule has 1 fully saturated rings. The molecule has 4 rings (SSSR count). The molecule has 0 bridgehead atoms. The average molecular weight is 498 g/mol. The van der Waals surface area contributed by atoms with E-state index in [-0.39, 0.29) is 22.7 Å². The van der Waals surface area contributed by atoms with E-state index in [0.717, 1.165) is 36.4 Å². The number of quaternary nitrogens is 1. The molecule has 2 N–H and O–H groups in total. The first-order valence-electron chi connectivity index (χ1n) is 11.6. The number of halogens is 1. The monoisotopic (exact) mass is 497 g/mol. The third-order valence-corrected chi connectivity index (χ3v) is 7.03. The molecule has 35 heavy (non-hydrogen) atoms. The Labute approximate surface area is 210 Å². The molecule has 184 valence electrons. The SMILES string of the molecule is COc1ccc(C)cc1N1C(=O)C(Cl)=C(Nc2ccc(C(=O)N(C)C3CC[NH+](C)CC3)cc2)C1=O. The van der Waals surface area contributed by atoms with Crippen LogP contribution in [-0.2, 0) is 9.59 Å². The molecule has 0 spiro atoms. The first-order valence-corrected chi connectivity index (χ1v) is 12.0. The molecule has 3 amide bonds. The average Bonchev–Trinajstić information content (AvgIpc) is 3.07. The van der Waals surface area contributed by atoms with E-state index in [1.807, 2.05) is 24.9 Å². The third kappa shape index (κ3) is 4.90. The summed E-state index contributed by atoms with van der Waals surface area (Å²) >= 11 is 6.27. The highest BCUT2D eigenvalue weighted by molar-refractivity contribution is 6.53. The second-order valence-corrected chi connectivity index (χ2v) is 9.49. The van der Waals surface area contributed by atoms with Gasteiger partial charge in [0.25, 0.3) is 17.7 Å². The summed E-state index contributed by atoms with van der Waals surface area (Å²) in [6.07, 6.45) is 1.97. The number of benzene rings is 2. The fourth-order valence-corrected chi connectivity index (χ4v) is 4.71. The van der Waals surface area contributed by atoms with Crippen molar-refractivity contribution in [3.8, 4) is 5.75 Å². The molecular weight excluding hydrogens is 468 g/mol. The van der Waals surface area contributed by atoms with E-state index in [9.17, 15) is 14.4 Å². The van der Waals surface area contributed by atoms with E-state index in [2.05, 4.69) is 12.4 Å². The molecular formula is C26H30ClN4O4+. The van der Waals surface area contributed by atoms with Gasteiger partial charge in [0.05, 0.1) is 32.9 Å². The van der Waals surface area contributed by atoms with Crippen LogP contribution in [-0.4, -0.2) is 63.0 Å². The van der Waals surface area contributed by atoms with Gasteiger partial charge in [-0.3, -0.25) is 14.4 Å². The summed E-state index contributed by atoms with van der Waals surface area (Å²) in [6.45, 7) is 3.97. The lowest BCUT2D eigenvalue weighted by Crippen LogP contribution is -3.10. The van der Waals surface area contributed by atoms with Crippen molar-refractivity contribution in [3.63, 3.8) is 0 Å². The molecule has 2 aromatic carbocycles. The fraction of sp³-hybridized carbons (Fsp3) is 0.346. The minimum Gasteiger partial charge on any atom is -0.495 e. The zero-order valence-electron chi connectivity index (χ0n) is 20.4. The van der Waals surface area contributed by atoms with E-state index in [1.165, 1.54) is 12.0 Å². The number of aryl methyl sites for hydroxylation is 1. The van der Waals surface area contributed by atoms with Gasteiger partial charge in [-0.25, -0.2) is 4.90 Å². The Morgan fingerprint density at radius 2 is 1.77 bits per heavy atom. The number of anilines is 2. The first kappa shape index (κ1) is 24.8. The quantitative estimate of drug-likeness (QED) is 0.598. The number of hydrogen-bond acceptors (Lipinski definition) is 5. The summed E-state index contributed by atoms with van der Waals surface area (Å²) in [6, 6.07) is 12.3. The van der Waals surface area contributed by atoms with Crippen molar-refractivity contribution < 1.29 is 24.0 Å². The van der Waals surface area contributed by atoms with E-state index in [4.69, 9.17) is 16.3 Å². The highest BCUT2D eigenvalue weighted by atomic mass is 35.5. The summed E-state index contributed by atoms with van der Waals surface area (Å²) in [7, 11) is 5.49. The van der Waals surface area contributed by atoms with Gasteiger partial charge >= 0.3 is 0 Å². The summed E-state index contributed by atoms with van der Waals surface area (Å²) in [5, 5.41) is 2.75. The topological polar surface area (TPSA) is 83.4 Å². The van der Waals surface area contributed by atoms with Gasteiger partial charge in [-0.1, -0.05) is 17.7 Å². The summed E-state index contributed by atoms with van der Waals surface area (Å²) < 4.78 is 5.34. The normalized spacial score (nSPS) is 20.3. The maximum Gasteiger partial charge on any atom is 0.283 e. The number of methoxy groups -OCH3 is 1. The van der Waals surface area contributed by atoms with Gasteiger partial charge in [-0.05, 0) is 48.9 Å². The van der Waals surface area contributed by atoms with Crippen LogP contribution in [0.3, 0.4) is 0 Å². The standard InChI is InChI=1S/C26H29ClN4O4/c1-16-5-10-21(35-4)20(15-16)31-25(33)22(27)23(26(31)34)28-18-8-6-17(7-9-18)24(32)30(3)19-11-13-29(2)14-12-19/h5-10,15,19,28H,11-14H2,1-4H3/p+1. The van der Waals surface area contributed by atoms with Crippen LogP contribution >= 0.6 is 11.6 Å². The van der Waals surface area contributed by atoms with Crippen molar-refractivity contribution in [1.29, 1.82) is 0 Å². The number of carbonyl (C=O) groups is 3. The van der Waals surface area contributed by atoms with Crippen LogP contribution in [0.2, 0.25) is 0 Å². The van der Waals surface area contributed by atoms with Gasteiger partial charge in [0.15, 0.2) is 0 Å². The zero-order chi connectivity index (χ0) is 25.3. The molecule has 0 atom stereocenters. The molecule has 0 saturated carbocycles. The number of amides is 3. The van der Waals surface area contributed by atoms with E-state index < -0.39 is 11.8 Å². The van der Waals surface area contributed by atoms with Crippen molar-refractivity contribution in [3.05, 3.63) is 64.3 Å². The number of imide groups is 1. The van der Waals surface area contributed by atoms with Gasteiger partial charge in [0.1, 0.15) is 16.5 Å². The number of ether oxygens (including phenoxy) is 1. The Balaban J connectivity index is 1.49. The fourth-order valence-electron chi connectivity index (χ4n) is 4.50. The molecule has 2 aromatic rings. The first-order chi connectivity index (χ1) is 16.7. The summed E-state index contributed by atoms with van der Waals surface area (Å²) in [5.41, 5.74) is 2.27. The van der Waals surface area contributed by atoms with Crippen LogP contribution in [0.1, 0.15) is 28.8 Å². The molecule has 0 unspecified atom stereocenters. The number of hydrogen-bond donors (Lipinski definition) is 2. The summed E-state index contributed by atoms with van der Waals surface area (Å²) in [5.74, 6) is -0.853. The van der Waals surface area contributed by atoms with Crippen molar-refractivity contribution in [1.82, 2.24) is 4.90 Å². The smallest absolute Gasteiger partial charge is 0.283 e. The number of carbonyl (C=O) groups excluding carboxylic acids is 3. The minimum absolute atomic E-state index is 0.0229. The maximum atomic E-state index is 13.2. The van der Waals surface area contributed by atoms with Crippen LogP contribution in [0.5, 0.6) is 5.75 Å². The van der Waals surface area contributed by atoms with E-state index >= 15 is 0 Å². The van der Waals surface area contributed by atoms with Gasteiger partial charge in [0, 0.05) is 37.2 Å². The molecule has 2 heterocycles. The number of nitrogens with one attached hydrogen (secondary N) is 2. The van der Waals surface area contributed by atoms with Gasteiger partial charge in [-0.15, -0.1) is 0 Å². The molecule has 1 saturated heterocycles. The van der Waals surface area contributed by atoms with Crippen molar-refractivity contribution >= 4 is 40.7 Å². The van der Waals surface area contributed by atoms with E-state index in [0.29, 0.717) is 22.7 Å². The van der Waals surface area contributed by atoms with Crippen LogP contribution in [0.4, 0.5) is 11.4 Å². The molecule has 8 nitrogen and oxygen atoms in total. The van der Waals surface area contributed by atoms with E-state index in [1.54, 1.807) is 36.4 Å².